The molecule has 1 aromatic carbocycles. The summed E-state index contributed by atoms with van der Waals surface area (Å²) >= 11 is 3.40. The number of piperazine rings is 1. The molecular weight excluding hydrogens is 296 g/mol. The Labute approximate surface area is 114 Å². The van der Waals surface area contributed by atoms with Crippen LogP contribution in [0.5, 0.6) is 0 Å². The molecule has 1 N–H and O–H groups in total. The third-order valence-corrected chi connectivity index (χ3v) is 3.75. The van der Waals surface area contributed by atoms with E-state index in [-0.39, 0.29) is 5.91 Å². The van der Waals surface area contributed by atoms with Crippen molar-refractivity contribution >= 4 is 33.8 Å². The number of hydrogen-bond acceptors (Lipinski definition) is 3. The van der Waals surface area contributed by atoms with Crippen LogP contribution in [0.1, 0.15) is 24.2 Å². The number of hydrogen-bond donors (Lipinski definition) is 1. The Morgan fingerprint density at radius 1 is 1.44 bits per heavy atom. The lowest BCUT2D eigenvalue weighted by Crippen LogP contribution is -2.62. The predicted molar refractivity (Wildman–Crippen MR) is 74.0 cm³/mol. The highest BCUT2D eigenvalue weighted by molar-refractivity contribution is 9.10. The van der Waals surface area contributed by atoms with Gasteiger partial charge in [-0.3, -0.25) is 9.59 Å². The Morgan fingerprint density at radius 2 is 2.17 bits per heavy atom. The number of amides is 1. The van der Waals surface area contributed by atoms with Crippen LogP contribution in [0.3, 0.4) is 0 Å². The summed E-state index contributed by atoms with van der Waals surface area (Å²) in [6.07, 6.45) is 0.824. The molecule has 0 spiro atoms. The minimum Gasteiger partial charge on any atom is -0.355 e. The molecule has 5 heteroatoms. The SMILES string of the molecule is CC1(C)C(=O)NCCN1c1cc(Br)ccc1C=O. The second-order valence-corrected chi connectivity index (χ2v) is 5.70. The van der Waals surface area contributed by atoms with E-state index in [2.05, 4.69) is 21.2 Å². The van der Waals surface area contributed by atoms with Gasteiger partial charge in [-0.05, 0) is 32.0 Å². The monoisotopic (exact) mass is 310 g/mol. The molecule has 96 valence electrons. The van der Waals surface area contributed by atoms with Crippen LogP contribution in [0, 0.1) is 0 Å². The highest BCUT2D eigenvalue weighted by atomic mass is 79.9. The Kier molecular flexibility index (Phi) is 3.43. The number of halogens is 1. The fourth-order valence-electron chi connectivity index (χ4n) is 2.17. The molecule has 0 aliphatic carbocycles. The fraction of sp³-hybridized carbons (Fsp3) is 0.385. The van der Waals surface area contributed by atoms with E-state index in [1.165, 1.54) is 0 Å². The first-order valence-corrected chi connectivity index (χ1v) is 6.57. The third-order valence-electron chi connectivity index (χ3n) is 3.26. The maximum atomic E-state index is 11.9. The summed E-state index contributed by atoms with van der Waals surface area (Å²) in [6, 6.07) is 5.46. The number of aldehydes is 1. The summed E-state index contributed by atoms with van der Waals surface area (Å²) in [5.41, 5.74) is 0.733. The predicted octanol–water partition coefficient (Wildman–Crippen LogP) is 1.98. The van der Waals surface area contributed by atoms with E-state index in [0.717, 1.165) is 16.4 Å². The van der Waals surface area contributed by atoms with Crippen molar-refractivity contribution in [3.05, 3.63) is 28.2 Å². The molecule has 0 saturated carbocycles. The van der Waals surface area contributed by atoms with Crippen LogP contribution in [0.4, 0.5) is 5.69 Å². The van der Waals surface area contributed by atoms with Gasteiger partial charge in [0.1, 0.15) is 5.54 Å². The molecular formula is C13H15BrN2O2. The van der Waals surface area contributed by atoms with Crippen LogP contribution in [0.15, 0.2) is 22.7 Å². The van der Waals surface area contributed by atoms with Gasteiger partial charge >= 0.3 is 0 Å². The zero-order valence-electron chi connectivity index (χ0n) is 10.4. The van der Waals surface area contributed by atoms with Crippen molar-refractivity contribution in [1.29, 1.82) is 0 Å². The molecule has 0 atom stereocenters. The van der Waals surface area contributed by atoms with E-state index in [4.69, 9.17) is 0 Å². The van der Waals surface area contributed by atoms with Gasteiger partial charge in [0.15, 0.2) is 6.29 Å². The Hall–Kier alpha value is -1.36. The number of rotatable bonds is 2. The maximum Gasteiger partial charge on any atom is 0.245 e. The zero-order valence-corrected chi connectivity index (χ0v) is 12.0. The molecule has 1 saturated heterocycles. The number of benzene rings is 1. The van der Waals surface area contributed by atoms with Crippen molar-refractivity contribution in [2.75, 3.05) is 18.0 Å². The highest BCUT2D eigenvalue weighted by Crippen LogP contribution is 2.30. The molecule has 1 aromatic rings. The summed E-state index contributed by atoms with van der Waals surface area (Å²) in [5.74, 6) is -0.0226. The van der Waals surface area contributed by atoms with E-state index in [1.807, 2.05) is 30.9 Å². The van der Waals surface area contributed by atoms with Crippen LogP contribution in [-0.2, 0) is 4.79 Å². The maximum absolute atomic E-state index is 11.9. The zero-order chi connectivity index (χ0) is 13.3. The molecule has 1 aliphatic rings. The van der Waals surface area contributed by atoms with Gasteiger partial charge in [-0.1, -0.05) is 15.9 Å². The third kappa shape index (κ3) is 2.14. The van der Waals surface area contributed by atoms with Crippen molar-refractivity contribution in [3.63, 3.8) is 0 Å². The second kappa shape index (κ2) is 4.72. The topological polar surface area (TPSA) is 49.4 Å². The Bertz CT molecular complexity index is 500. The number of nitrogens with zero attached hydrogens (tertiary/aromatic N) is 1. The number of carbonyl (C=O) groups excluding carboxylic acids is 2. The Morgan fingerprint density at radius 3 is 2.83 bits per heavy atom. The van der Waals surface area contributed by atoms with Crippen LogP contribution >= 0.6 is 15.9 Å². The van der Waals surface area contributed by atoms with Crippen LogP contribution in [-0.4, -0.2) is 30.8 Å². The smallest absolute Gasteiger partial charge is 0.245 e. The molecule has 2 rings (SSSR count). The Balaban J connectivity index is 2.50. The average Bonchev–Trinajstić information content (AvgIpc) is 2.32. The molecule has 1 amide bonds. The van der Waals surface area contributed by atoms with Gasteiger partial charge < -0.3 is 10.2 Å². The molecule has 0 radical (unpaired) electrons. The minimum atomic E-state index is -0.656. The van der Waals surface area contributed by atoms with Gasteiger partial charge in [-0.15, -0.1) is 0 Å². The van der Waals surface area contributed by atoms with Crippen LogP contribution in [0.25, 0.3) is 0 Å². The summed E-state index contributed by atoms with van der Waals surface area (Å²) in [4.78, 5) is 25.0. The summed E-state index contributed by atoms with van der Waals surface area (Å²) < 4.78 is 0.893. The quantitative estimate of drug-likeness (QED) is 0.850. The lowest BCUT2D eigenvalue weighted by atomic mass is 9.97. The standard InChI is InChI=1S/C13H15BrN2O2/c1-13(2)12(18)15-5-6-16(13)11-7-10(14)4-3-9(11)8-17/h3-4,7-8H,5-6H2,1-2H3,(H,15,18). The summed E-state index contributed by atoms with van der Waals surface area (Å²) in [7, 11) is 0. The van der Waals surface area contributed by atoms with Gasteiger partial charge in [-0.2, -0.15) is 0 Å². The van der Waals surface area contributed by atoms with Gasteiger partial charge in [-0.25, -0.2) is 0 Å². The lowest BCUT2D eigenvalue weighted by Gasteiger charge is -2.43. The lowest BCUT2D eigenvalue weighted by molar-refractivity contribution is -0.126. The largest absolute Gasteiger partial charge is 0.355 e. The van der Waals surface area contributed by atoms with Gasteiger partial charge in [0, 0.05) is 28.8 Å². The number of nitrogens with one attached hydrogen (secondary N) is 1. The van der Waals surface area contributed by atoms with Gasteiger partial charge in [0.2, 0.25) is 5.91 Å². The summed E-state index contributed by atoms with van der Waals surface area (Å²) in [6.45, 7) is 5.00. The molecule has 1 heterocycles. The minimum absolute atomic E-state index is 0.0226. The van der Waals surface area contributed by atoms with Gasteiger partial charge in [0.25, 0.3) is 0 Å². The molecule has 0 unspecified atom stereocenters. The fourth-order valence-corrected chi connectivity index (χ4v) is 2.52. The number of anilines is 1. The van der Waals surface area contributed by atoms with E-state index in [1.54, 1.807) is 6.07 Å². The molecule has 0 bridgehead atoms. The van der Waals surface area contributed by atoms with Crippen LogP contribution < -0.4 is 10.2 Å². The van der Waals surface area contributed by atoms with E-state index in [9.17, 15) is 9.59 Å². The van der Waals surface area contributed by atoms with Crippen molar-refractivity contribution in [2.24, 2.45) is 0 Å². The molecule has 18 heavy (non-hydrogen) atoms. The first kappa shape index (κ1) is 13.1. The highest BCUT2D eigenvalue weighted by Gasteiger charge is 2.38. The molecule has 1 fully saturated rings. The molecule has 0 aromatic heterocycles. The van der Waals surface area contributed by atoms with Crippen molar-refractivity contribution in [2.45, 2.75) is 19.4 Å². The van der Waals surface area contributed by atoms with Crippen molar-refractivity contribution < 1.29 is 9.59 Å². The molecule has 4 nitrogen and oxygen atoms in total. The van der Waals surface area contributed by atoms with Crippen molar-refractivity contribution in [3.8, 4) is 0 Å². The average molecular weight is 311 g/mol. The molecule has 1 aliphatic heterocycles. The number of carbonyl (C=O) groups is 2. The van der Waals surface area contributed by atoms with E-state index in [0.29, 0.717) is 18.7 Å². The first-order valence-electron chi connectivity index (χ1n) is 5.77. The normalized spacial score (nSPS) is 18.4. The van der Waals surface area contributed by atoms with E-state index >= 15 is 0 Å². The van der Waals surface area contributed by atoms with E-state index < -0.39 is 5.54 Å². The van der Waals surface area contributed by atoms with Gasteiger partial charge in [0.05, 0.1) is 0 Å². The summed E-state index contributed by atoms with van der Waals surface area (Å²) in [5, 5.41) is 2.84. The van der Waals surface area contributed by atoms with Crippen molar-refractivity contribution in [1.82, 2.24) is 5.32 Å². The second-order valence-electron chi connectivity index (χ2n) is 4.79. The first-order chi connectivity index (χ1) is 8.46. The van der Waals surface area contributed by atoms with Crippen LogP contribution in [0.2, 0.25) is 0 Å².